The van der Waals surface area contributed by atoms with Gasteiger partial charge in [0.1, 0.15) is 0 Å². The largest absolute Gasteiger partial charge is 0.376 e. The number of hydrogen-bond acceptors (Lipinski definition) is 2. The van der Waals surface area contributed by atoms with Gasteiger partial charge in [-0.1, -0.05) is 42.2 Å². The van der Waals surface area contributed by atoms with Crippen LogP contribution in [-0.2, 0) is 4.79 Å². The molecule has 1 amide bonds. The van der Waals surface area contributed by atoms with E-state index < -0.39 is 0 Å². The summed E-state index contributed by atoms with van der Waals surface area (Å²) in [5.41, 5.74) is 4.61. The molecule has 0 spiro atoms. The second kappa shape index (κ2) is 9.07. The maximum absolute atomic E-state index is 12.2. The van der Waals surface area contributed by atoms with Crippen molar-refractivity contribution in [3.8, 4) is 11.8 Å². The van der Waals surface area contributed by atoms with Crippen LogP contribution < -0.4 is 10.6 Å². The van der Waals surface area contributed by atoms with Crippen LogP contribution >= 0.6 is 15.9 Å². The molecule has 0 aliphatic heterocycles. The van der Waals surface area contributed by atoms with Gasteiger partial charge in [-0.3, -0.25) is 4.79 Å². The summed E-state index contributed by atoms with van der Waals surface area (Å²) in [7, 11) is 0. The van der Waals surface area contributed by atoms with Gasteiger partial charge in [0, 0.05) is 21.3 Å². The van der Waals surface area contributed by atoms with Crippen LogP contribution in [0.4, 0.5) is 11.4 Å². The molecule has 0 atom stereocenters. The molecule has 134 valence electrons. The van der Waals surface area contributed by atoms with E-state index in [4.69, 9.17) is 0 Å². The molecule has 27 heavy (non-hydrogen) atoms. The lowest BCUT2D eigenvalue weighted by Gasteiger charge is -2.10. The van der Waals surface area contributed by atoms with Crippen molar-refractivity contribution in [1.29, 1.82) is 0 Å². The lowest BCUT2D eigenvalue weighted by Crippen LogP contribution is -2.22. The number of carbonyl (C=O) groups excluding carboxylic acids is 1. The third-order valence-corrected chi connectivity index (χ3v) is 4.50. The zero-order valence-corrected chi connectivity index (χ0v) is 16.5. The Hall–Kier alpha value is -3.03. The molecular weight excluding hydrogens is 400 g/mol. The Bertz CT molecular complexity index is 1000. The van der Waals surface area contributed by atoms with Crippen molar-refractivity contribution in [2.45, 2.75) is 6.92 Å². The minimum atomic E-state index is -0.111. The Kier molecular flexibility index (Phi) is 6.30. The molecule has 3 nitrogen and oxygen atoms in total. The summed E-state index contributed by atoms with van der Waals surface area (Å²) in [4.78, 5) is 12.2. The number of aryl methyl sites for hydroxylation is 1. The second-order valence-corrected chi connectivity index (χ2v) is 6.94. The van der Waals surface area contributed by atoms with Crippen molar-refractivity contribution >= 4 is 33.2 Å². The van der Waals surface area contributed by atoms with E-state index in [-0.39, 0.29) is 12.5 Å². The van der Waals surface area contributed by atoms with E-state index in [1.165, 1.54) is 0 Å². The van der Waals surface area contributed by atoms with Gasteiger partial charge in [0.2, 0.25) is 5.91 Å². The molecule has 0 fully saturated rings. The highest BCUT2D eigenvalue weighted by molar-refractivity contribution is 9.10. The van der Waals surface area contributed by atoms with E-state index in [2.05, 4.69) is 38.4 Å². The van der Waals surface area contributed by atoms with E-state index in [9.17, 15) is 4.79 Å². The summed E-state index contributed by atoms with van der Waals surface area (Å²) in [6.45, 7) is 2.18. The van der Waals surface area contributed by atoms with Gasteiger partial charge in [-0.15, -0.1) is 0 Å². The molecule has 0 aliphatic carbocycles. The average Bonchev–Trinajstić information content (AvgIpc) is 2.68. The van der Waals surface area contributed by atoms with Gasteiger partial charge in [-0.05, 0) is 70.9 Å². The first kappa shape index (κ1) is 18.8. The molecule has 0 heterocycles. The van der Waals surface area contributed by atoms with Crippen molar-refractivity contribution in [2.75, 3.05) is 17.2 Å². The second-order valence-electron chi connectivity index (χ2n) is 6.08. The third-order valence-electron chi connectivity index (χ3n) is 3.84. The predicted octanol–water partition coefficient (Wildman–Crippen LogP) is 5.21. The fraction of sp³-hybridized carbons (Fsp3) is 0.0870. The Morgan fingerprint density at radius 1 is 0.926 bits per heavy atom. The van der Waals surface area contributed by atoms with Crippen LogP contribution in [0, 0.1) is 18.8 Å². The van der Waals surface area contributed by atoms with Crippen molar-refractivity contribution in [3.63, 3.8) is 0 Å². The normalized spacial score (nSPS) is 9.85. The summed E-state index contributed by atoms with van der Waals surface area (Å²) in [6.07, 6.45) is 0. The molecule has 0 aromatic heterocycles. The van der Waals surface area contributed by atoms with Gasteiger partial charge in [-0.2, -0.15) is 0 Å². The van der Waals surface area contributed by atoms with Crippen LogP contribution in [0.25, 0.3) is 0 Å². The van der Waals surface area contributed by atoms with Crippen molar-refractivity contribution in [1.82, 2.24) is 0 Å². The quantitative estimate of drug-likeness (QED) is 0.571. The number of halogens is 1. The third kappa shape index (κ3) is 5.73. The Morgan fingerprint density at radius 3 is 2.44 bits per heavy atom. The fourth-order valence-electron chi connectivity index (χ4n) is 2.47. The summed E-state index contributed by atoms with van der Waals surface area (Å²) in [5.74, 6) is 6.17. The lowest BCUT2D eigenvalue weighted by molar-refractivity contribution is -0.114. The van der Waals surface area contributed by atoms with Gasteiger partial charge in [0.15, 0.2) is 0 Å². The zero-order chi connectivity index (χ0) is 19.1. The number of carbonyl (C=O) groups is 1. The Labute approximate surface area is 167 Å². The summed E-state index contributed by atoms with van der Waals surface area (Å²) in [6, 6.07) is 23.4. The Morgan fingerprint density at radius 2 is 1.67 bits per heavy atom. The fourth-order valence-corrected chi connectivity index (χ4v) is 3.06. The molecule has 0 saturated carbocycles. The van der Waals surface area contributed by atoms with Crippen LogP contribution in [0.2, 0.25) is 0 Å². The molecule has 3 aromatic rings. The summed E-state index contributed by atoms with van der Waals surface area (Å²) >= 11 is 3.47. The topological polar surface area (TPSA) is 41.1 Å². The molecule has 0 bridgehead atoms. The summed E-state index contributed by atoms with van der Waals surface area (Å²) in [5, 5.41) is 6.03. The molecule has 2 N–H and O–H groups in total. The lowest BCUT2D eigenvalue weighted by atomic mass is 10.1. The minimum Gasteiger partial charge on any atom is -0.376 e. The zero-order valence-electron chi connectivity index (χ0n) is 14.9. The molecule has 3 rings (SSSR count). The van der Waals surface area contributed by atoms with Gasteiger partial charge < -0.3 is 10.6 Å². The molecule has 0 aliphatic rings. The highest BCUT2D eigenvalue weighted by Gasteiger charge is 2.05. The highest BCUT2D eigenvalue weighted by Crippen LogP contribution is 2.23. The van der Waals surface area contributed by atoms with E-state index in [1.54, 1.807) is 0 Å². The van der Waals surface area contributed by atoms with Crippen LogP contribution in [0.5, 0.6) is 0 Å². The molecular formula is C23H19BrN2O. The number of benzene rings is 3. The monoisotopic (exact) mass is 418 g/mol. The van der Waals surface area contributed by atoms with Crippen LogP contribution in [-0.4, -0.2) is 12.5 Å². The number of rotatable bonds is 4. The van der Waals surface area contributed by atoms with Gasteiger partial charge in [0.25, 0.3) is 0 Å². The Balaban J connectivity index is 1.60. The SMILES string of the molecule is Cc1ccc(NC(=O)CNc2cccc(C#Cc3ccccc3)c2)c(Br)c1. The first-order valence-electron chi connectivity index (χ1n) is 8.57. The standard InChI is InChI=1S/C23H19BrN2O/c1-17-10-13-22(21(24)14-17)26-23(27)16-25-20-9-5-8-19(15-20)12-11-18-6-3-2-4-7-18/h2-10,13-15,25H,16H2,1H3,(H,26,27). The van der Waals surface area contributed by atoms with E-state index in [0.29, 0.717) is 0 Å². The number of hydrogen-bond donors (Lipinski definition) is 2. The van der Waals surface area contributed by atoms with Gasteiger partial charge in [-0.25, -0.2) is 0 Å². The van der Waals surface area contributed by atoms with E-state index >= 15 is 0 Å². The van der Waals surface area contributed by atoms with Crippen LogP contribution in [0.3, 0.4) is 0 Å². The van der Waals surface area contributed by atoms with E-state index in [1.807, 2.05) is 79.7 Å². The maximum atomic E-state index is 12.2. The number of nitrogens with one attached hydrogen (secondary N) is 2. The van der Waals surface area contributed by atoms with Crippen LogP contribution in [0.15, 0.2) is 77.3 Å². The summed E-state index contributed by atoms with van der Waals surface area (Å²) < 4.78 is 0.869. The van der Waals surface area contributed by atoms with Crippen LogP contribution in [0.1, 0.15) is 16.7 Å². The molecule has 0 saturated heterocycles. The maximum Gasteiger partial charge on any atom is 0.243 e. The highest BCUT2D eigenvalue weighted by atomic mass is 79.9. The molecule has 0 unspecified atom stereocenters. The van der Waals surface area contributed by atoms with Crippen molar-refractivity contribution in [2.24, 2.45) is 0 Å². The number of amides is 1. The van der Waals surface area contributed by atoms with E-state index in [0.717, 1.165) is 32.5 Å². The molecule has 3 aromatic carbocycles. The van der Waals surface area contributed by atoms with Gasteiger partial charge >= 0.3 is 0 Å². The number of anilines is 2. The molecule has 4 heteroatoms. The minimum absolute atomic E-state index is 0.111. The van der Waals surface area contributed by atoms with Crippen molar-refractivity contribution in [3.05, 3.63) is 94.0 Å². The smallest absolute Gasteiger partial charge is 0.243 e. The first-order chi connectivity index (χ1) is 13.1. The average molecular weight is 419 g/mol. The van der Waals surface area contributed by atoms with Gasteiger partial charge in [0.05, 0.1) is 12.2 Å². The predicted molar refractivity (Wildman–Crippen MR) is 115 cm³/mol. The van der Waals surface area contributed by atoms with Crippen molar-refractivity contribution < 1.29 is 4.79 Å². The first-order valence-corrected chi connectivity index (χ1v) is 9.36. The molecule has 0 radical (unpaired) electrons.